The zero-order chi connectivity index (χ0) is 16.7. The predicted molar refractivity (Wildman–Crippen MR) is 92.5 cm³/mol. The first-order valence-electron chi connectivity index (χ1n) is 7.77. The third-order valence-electron chi connectivity index (χ3n) is 3.46. The van der Waals surface area contributed by atoms with Gasteiger partial charge < -0.3 is 25.4 Å². The first-order valence-corrected chi connectivity index (χ1v) is 7.77. The fourth-order valence-corrected chi connectivity index (χ4v) is 2.34. The van der Waals surface area contributed by atoms with E-state index in [4.69, 9.17) is 15.2 Å². The second-order valence-corrected chi connectivity index (χ2v) is 5.32. The monoisotopic (exact) mass is 357 g/mol. The van der Waals surface area contributed by atoms with Crippen LogP contribution in [-0.4, -0.2) is 55.6 Å². The lowest BCUT2D eigenvalue weighted by molar-refractivity contribution is -0.134. The summed E-state index contributed by atoms with van der Waals surface area (Å²) >= 11 is 0. The molecule has 1 heterocycles. The van der Waals surface area contributed by atoms with E-state index in [9.17, 15) is 9.59 Å². The summed E-state index contributed by atoms with van der Waals surface area (Å²) < 4.78 is 11.5. The second-order valence-electron chi connectivity index (χ2n) is 5.32. The molecule has 1 unspecified atom stereocenters. The van der Waals surface area contributed by atoms with Crippen molar-refractivity contribution in [2.75, 3.05) is 32.8 Å². The van der Waals surface area contributed by atoms with E-state index in [1.807, 2.05) is 31.2 Å². The number of para-hydroxylation sites is 2. The van der Waals surface area contributed by atoms with Crippen LogP contribution in [0.1, 0.15) is 13.3 Å². The number of nitrogens with zero attached hydrogens (tertiary/aromatic N) is 1. The molecule has 1 aromatic carbocycles. The summed E-state index contributed by atoms with van der Waals surface area (Å²) in [5.74, 6) is 0.897. The summed E-state index contributed by atoms with van der Waals surface area (Å²) in [6.45, 7) is 3.21. The number of benzene rings is 1. The van der Waals surface area contributed by atoms with Gasteiger partial charge in [-0.05, 0) is 18.6 Å². The van der Waals surface area contributed by atoms with Gasteiger partial charge in [-0.1, -0.05) is 19.1 Å². The Bertz CT molecular complexity index is 556. The SMILES string of the molecule is CCCN(CC1COc2ccccc2O1)C(=O)CNC(=O)CN.Cl. The molecular formula is C16H24ClN3O4. The summed E-state index contributed by atoms with van der Waals surface area (Å²) in [5.41, 5.74) is 5.21. The van der Waals surface area contributed by atoms with E-state index in [2.05, 4.69) is 5.32 Å². The Morgan fingerprint density at radius 2 is 2.04 bits per heavy atom. The molecule has 1 atom stereocenters. The lowest BCUT2D eigenvalue weighted by atomic mass is 10.2. The van der Waals surface area contributed by atoms with Crippen molar-refractivity contribution in [2.45, 2.75) is 19.4 Å². The normalized spacial score (nSPS) is 15.2. The van der Waals surface area contributed by atoms with Crippen molar-refractivity contribution in [1.29, 1.82) is 0 Å². The molecule has 134 valence electrons. The van der Waals surface area contributed by atoms with Gasteiger partial charge in [0.25, 0.3) is 0 Å². The molecule has 1 aliphatic heterocycles. The van der Waals surface area contributed by atoms with Gasteiger partial charge in [0.15, 0.2) is 17.6 Å². The largest absolute Gasteiger partial charge is 0.486 e. The van der Waals surface area contributed by atoms with E-state index in [1.165, 1.54) is 0 Å². The minimum Gasteiger partial charge on any atom is -0.486 e. The molecule has 0 fully saturated rings. The molecule has 0 saturated heterocycles. The molecule has 1 aromatic rings. The van der Waals surface area contributed by atoms with Gasteiger partial charge >= 0.3 is 0 Å². The molecule has 0 aliphatic carbocycles. The van der Waals surface area contributed by atoms with E-state index in [0.29, 0.717) is 31.2 Å². The zero-order valence-corrected chi connectivity index (χ0v) is 14.5. The van der Waals surface area contributed by atoms with Crippen LogP contribution in [0.25, 0.3) is 0 Å². The molecule has 0 bridgehead atoms. The Hall–Kier alpha value is -1.99. The molecule has 7 nitrogen and oxygen atoms in total. The number of halogens is 1. The third kappa shape index (κ3) is 5.58. The van der Waals surface area contributed by atoms with Crippen LogP contribution in [0.15, 0.2) is 24.3 Å². The summed E-state index contributed by atoms with van der Waals surface area (Å²) in [7, 11) is 0. The summed E-state index contributed by atoms with van der Waals surface area (Å²) in [6.07, 6.45) is 0.589. The van der Waals surface area contributed by atoms with Crippen molar-refractivity contribution in [3.05, 3.63) is 24.3 Å². The third-order valence-corrected chi connectivity index (χ3v) is 3.46. The molecule has 8 heteroatoms. The summed E-state index contributed by atoms with van der Waals surface area (Å²) in [5, 5.41) is 2.50. The smallest absolute Gasteiger partial charge is 0.242 e. The van der Waals surface area contributed by atoms with Gasteiger partial charge in [0.2, 0.25) is 11.8 Å². The van der Waals surface area contributed by atoms with Crippen LogP contribution < -0.4 is 20.5 Å². The Morgan fingerprint density at radius 1 is 1.33 bits per heavy atom. The highest BCUT2D eigenvalue weighted by atomic mass is 35.5. The number of fused-ring (bicyclic) bond motifs is 1. The molecule has 0 spiro atoms. The van der Waals surface area contributed by atoms with Crippen LogP contribution in [-0.2, 0) is 9.59 Å². The van der Waals surface area contributed by atoms with Gasteiger partial charge in [0.1, 0.15) is 6.61 Å². The predicted octanol–water partition coefficient (Wildman–Crippen LogP) is 0.562. The number of hydrogen-bond donors (Lipinski definition) is 2. The van der Waals surface area contributed by atoms with Crippen molar-refractivity contribution in [3.63, 3.8) is 0 Å². The standard InChI is InChI=1S/C16H23N3O4.ClH/c1-2-7-19(16(21)9-18-15(20)8-17)10-12-11-22-13-5-3-4-6-14(13)23-12;/h3-6,12H,2,7-11,17H2,1H3,(H,18,20);1H. The number of ether oxygens (including phenoxy) is 2. The van der Waals surface area contributed by atoms with Gasteiger partial charge in [-0.25, -0.2) is 0 Å². The van der Waals surface area contributed by atoms with Crippen LogP contribution in [0.2, 0.25) is 0 Å². The maximum atomic E-state index is 12.2. The maximum Gasteiger partial charge on any atom is 0.242 e. The molecule has 3 N–H and O–H groups in total. The fraction of sp³-hybridized carbons (Fsp3) is 0.500. The van der Waals surface area contributed by atoms with E-state index < -0.39 is 0 Å². The second kappa shape index (κ2) is 10.00. The van der Waals surface area contributed by atoms with Crippen molar-refractivity contribution in [1.82, 2.24) is 10.2 Å². The highest BCUT2D eigenvalue weighted by Crippen LogP contribution is 2.30. The van der Waals surface area contributed by atoms with Crippen molar-refractivity contribution < 1.29 is 19.1 Å². The number of carbonyl (C=O) groups is 2. The van der Waals surface area contributed by atoms with E-state index in [0.717, 1.165) is 6.42 Å². The molecule has 0 saturated carbocycles. The van der Waals surface area contributed by atoms with Crippen molar-refractivity contribution >= 4 is 24.2 Å². The van der Waals surface area contributed by atoms with Gasteiger partial charge in [-0.2, -0.15) is 0 Å². The van der Waals surface area contributed by atoms with E-state index in [-0.39, 0.29) is 43.4 Å². The number of hydrogen-bond acceptors (Lipinski definition) is 5. The first kappa shape index (κ1) is 20.1. The van der Waals surface area contributed by atoms with Crippen molar-refractivity contribution in [2.24, 2.45) is 5.73 Å². The highest BCUT2D eigenvalue weighted by Gasteiger charge is 2.25. The Kier molecular flexibility index (Phi) is 8.35. The first-order chi connectivity index (χ1) is 11.1. The number of nitrogens with one attached hydrogen (secondary N) is 1. The van der Waals surface area contributed by atoms with Crippen LogP contribution in [0.5, 0.6) is 11.5 Å². The summed E-state index contributed by atoms with van der Waals surface area (Å²) in [6, 6.07) is 7.45. The lowest BCUT2D eigenvalue weighted by Crippen LogP contribution is -2.47. The molecular weight excluding hydrogens is 334 g/mol. The molecule has 24 heavy (non-hydrogen) atoms. The molecule has 0 radical (unpaired) electrons. The van der Waals surface area contributed by atoms with Crippen LogP contribution in [0.3, 0.4) is 0 Å². The lowest BCUT2D eigenvalue weighted by Gasteiger charge is -2.31. The average Bonchev–Trinajstić information content (AvgIpc) is 2.58. The van der Waals surface area contributed by atoms with Crippen LogP contribution >= 0.6 is 12.4 Å². The fourth-order valence-electron chi connectivity index (χ4n) is 2.34. The number of amides is 2. The van der Waals surface area contributed by atoms with Crippen LogP contribution in [0.4, 0.5) is 0 Å². The van der Waals surface area contributed by atoms with E-state index in [1.54, 1.807) is 4.90 Å². The number of nitrogens with two attached hydrogens (primary N) is 1. The molecule has 2 amide bonds. The van der Waals surface area contributed by atoms with Gasteiger partial charge in [-0.3, -0.25) is 9.59 Å². The van der Waals surface area contributed by atoms with Gasteiger partial charge in [0.05, 0.1) is 19.6 Å². The maximum absolute atomic E-state index is 12.2. The van der Waals surface area contributed by atoms with E-state index >= 15 is 0 Å². The molecule has 0 aromatic heterocycles. The highest BCUT2D eigenvalue weighted by molar-refractivity contribution is 5.85. The Labute approximate surface area is 147 Å². The topological polar surface area (TPSA) is 93.9 Å². The van der Waals surface area contributed by atoms with Crippen molar-refractivity contribution in [3.8, 4) is 11.5 Å². The number of carbonyl (C=O) groups excluding carboxylic acids is 2. The minimum absolute atomic E-state index is 0. The number of rotatable bonds is 7. The van der Waals surface area contributed by atoms with Gasteiger partial charge in [-0.15, -0.1) is 12.4 Å². The minimum atomic E-state index is -0.346. The Balaban J connectivity index is 0.00000288. The molecule has 2 rings (SSSR count). The summed E-state index contributed by atoms with van der Waals surface area (Å²) in [4.78, 5) is 25.1. The zero-order valence-electron chi connectivity index (χ0n) is 13.7. The van der Waals surface area contributed by atoms with Gasteiger partial charge in [0, 0.05) is 6.54 Å². The quantitative estimate of drug-likeness (QED) is 0.743. The molecule has 1 aliphatic rings. The van der Waals surface area contributed by atoms with Crippen LogP contribution in [0, 0.1) is 0 Å². The Morgan fingerprint density at radius 3 is 2.71 bits per heavy atom. The average molecular weight is 358 g/mol.